The van der Waals surface area contributed by atoms with E-state index in [1.54, 1.807) is 14.2 Å². The molecular weight excluding hydrogens is 234 g/mol. The van der Waals surface area contributed by atoms with Crippen molar-refractivity contribution < 1.29 is 9.47 Å². The minimum absolute atomic E-state index is 0.0165. The first kappa shape index (κ1) is 14.4. The molecule has 2 N–H and O–H groups in total. The molecule has 0 amide bonds. The highest BCUT2D eigenvalue weighted by molar-refractivity contribution is 5.35. The summed E-state index contributed by atoms with van der Waals surface area (Å²) in [6.45, 7) is 6.41. The normalized spacial score (nSPS) is 12.3. The van der Waals surface area contributed by atoms with E-state index in [-0.39, 0.29) is 12.2 Å². The van der Waals surface area contributed by atoms with Gasteiger partial charge in [0, 0.05) is 20.7 Å². The zero-order valence-corrected chi connectivity index (χ0v) is 11.5. The van der Waals surface area contributed by atoms with Gasteiger partial charge in [-0.15, -0.1) is 0 Å². The molecule has 7 nitrogen and oxygen atoms in total. The number of hydrogen-bond donors (Lipinski definition) is 2. The molecule has 0 aliphatic rings. The van der Waals surface area contributed by atoms with Gasteiger partial charge in [-0.3, -0.25) is 0 Å². The second kappa shape index (κ2) is 6.95. The lowest BCUT2D eigenvalue weighted by Crippen LogP contribution is -2.20. The van der Waals surface area contributed by atoms with Crippen LogP contribution in [0.15, 0.2) is 0 Å². The Morgan fingerprint density at radius 1 is 1.11 bits per heavy atom. The van der Waals surface area contributed by atoms with Gasteiger partial charge in [-0.1, -0.05) is 0 Å². The van der Waals surface area contributed by atoms with Gasteiger partial charge in [0.2, 0.25) is 11.9 Å². The number of ether oxygens (including phenoxy) is 2. The molecule has 0 saturated heterocycles. The van der Waals surface area contributed by atoms with Gasteiger partial charge in [-0.25, -0.2) is 0 Å². The summed E-state index contributed by atoms with van der Waals surface area (Å²) in [5.41, 5.74) is 0. The van der Waals surface area contributed by atoms with Crippen molar-refractivity contribution in [1.82, 2.24) is 15.0 Å². The number of anilines is 2. The van der Waals surface area contributed by atoms with Gasteiger partial charge in [-0.05, 0) is 20.8 Å². The second-order valence-corrected chi connectivity index (χ2v) is 4.11. The van der Waals surface area contributed by atoms with Gasteiger partial charge < -0.3 is 20.1 Å². The molecule has 102 valence electrons. The fraction of sp³-hybridized carbons (Fsp3) is 0.727. The third-order valence-electron chi connectivity index (χ3n) is 2.13. The molecule has 0 fully saturated rings. The molecule has 1 atom stereocenters. The zero-order valence-electron chi connectivity index (χ0n) is 11.5. The van der Waals surface area contributed by atoms with E-state index in [0.29, 0.717) is 24.5 Å². The Bertz CT molecular complexity index is 372. The van der Waals surface area contributed by atoms with Gasteiger partial charge in [0.05, 0.1) is 12.2 Å². The number of methoxy groups -OCH3 is 1. The van der Waals surface area contributed by atoms with Crippen LogP contribution in [0.3, 0.4) is 0 Å². The molecule has 1 unspecified atom stereocenters. The Labute approximate surface area is 107 Å². The van der Waals surface area contributed by atoms with E-state index in [9.17, 15) is 0 Å². The quantitative estimate of drug-likeness (QED) is 0.756. The summed E-state index contributed by atoms with van der Waals surface area (Å²) in [5.74, 6) is 0.933. The maximum atomic E-state index is 5.46. The Morgan fingerprint density at radius 3 is 2.33 bits per heavy atom. The number of nitrogens with one attached hydrogen (secondary N) is 2. The van der Waals surface area contributed by atoms with Crippen molar-refractivity contribution in [3.8, 4) is 6.01 Å². The summed E-state index contributed by atoms with van der Waals surface area (Å²) in [6.07, 6.45) is 0.0946. The van der Waals surface area contributed by atoms with Crippen LogP contribution in [0.25, 0.3) is 0 Å². The molecule has 0 aliphatic heterocycles. The summed E-state index contributed by atoms with van der Waals surface area (Å²) < 4.78 is 10.6. The van der Waals surface area contributed by atoms with Crippen LogP contribution in [-0.4, -0.2) is 47.9 Å². The van der Waals surface area contributed by atoms with Gasteiger partial charge in [0.15, 0.2) is 0 Å². The van der Waals surface area contributed by atoms with Crippen molar-refractivity contribution in [2.45, 2.75) is 33.0 Å². The third kappa shape index (κ3) is 4.70. The summed E-state index contributed by atoms with van der Waals surface area (Å²) in [4.78, 5) is 12.5. The Hall–Kier alpha value is -1.63. The van der Waals surface area contributed by atoms with Gasteiger partial charge in [0.25, 0.3) is 0 Å². The fourth-order valence-electron chi connectivity index (χ4n) is 1.13. The van der Waals surface area contributed by atoms with Crippen LogP contribution in [0.5, 0.6) is 6.01 Å². The monoisotopic (exact) mass is 255 g/mol. The first-order valence-corrected chi connectivity index (χ1v) is 5.92. The van der Waals surface area contributed by atoms with E-state index in [0.717, 1.165) is 0 Å². The molecule has 0 aliphatic carbocycles. The highest BCUT2D eigenvalue weighted by atomic mass is 16.5. The van der Waals surface area contributed by atoms with Crippen molar-refractivity contribution in [2.24, 2.45) is 0 Å². The Kier molecular flexibility index (Phi) is 5.57. The second-order valence-electron chi connectivity index (χ2n) is 4.11. The standard InChI is InChI=1S/C11H21N5O2/c1-7(2)18-11-15-9(12-4)14-10(16-11)13-6-8(3)17-5/h7-8H,6H2,1-5H3,(H2,12,13,14,15,16). The Morgan fingerprint density at radius 2 is 1.78 bits per heavy atom. The zero-order chi connectivity index (χ0) is 13.5. The van der Waals surface area contributed by atoms with E-state index in [1.165, 1.54) is 0 Å². The van der Waals surface area contributed by atoms with Crippen molar-refractivity contribution in [3.05, 3.63) is 0 Å². The lowest BCUT2D eigenvalue weighted by Gasteiger charge is -2.13. The average molecular weight is 255 g/mol. The predicted molar refractivity (Wildman–Crippen MR) is 70.1 cm³/mol. The molecule has 7 heteroatoms. The highest BCUT2D eigenvalue weighted by Crippen LogP contribution is 2.12. The summed E-state index contributed by atoms with van der Waals surface area (Å²) >= 11 is 0. The van der Waals surface area contributed by atoms with Crippen LogP contribution in [0, 0.1) is 0 Å². The molecule has 1 aromatic rings. The minimum atomic E-state index is 0.0165. The summed E-state index contributed by atoms with van der Waals surface area (Å²) in [5, 5.41) is 5.95. The van der Waals surface area contributed by atoms with Crippen LogP contribution >= 0.6 is 0 Å². The van der Waals surface area contributed by atoms with Gasteiger partial charge >= 0.3 is 6.01 Å². The number of aromatic nitrogens is 3. The fourth-order valence-corrected chi connectivity index (χ4v) is 1.13. The summed E-state index contributed by atoms with van der Waals surface area (Å²) in [7, 11) is 3.40. The molecule has 0 bridgehead atoms. The van der Waals surface area contributed by atoms with Crippen LogP contribution in [-0.2, 0) is 4.74 Å². The molecule has 1 aromatic heterocycles. The van der Waals surface area contributed by atoms with E-state index in [4.69, 9.17) is 9.47 Å². The van der Waals surface area contributed by atoms with E-state index in [1.807, 2.05) is 20.8 Å². The van der Waals surface area contributed by atoms with E-state index >= 15 is 0 Å². The SMILES string of the molecule is CNc1nc(NCC(C)OC)nc(OC(C)C)n1. The van der Waals surface area contributed by atoms with Crippen LogP contribution in [0.1, 0.15) is 20.8 Å². The lowest BCUT2D eigenvalue weighted by molar-refractivity contribution is 0.128. The molecule has 1 heterocycles. The molecule has 0 saturated carbocycles. The summed E-state index contributed by atoms with van der Waals surface area (Å²) in [6, 6.07) is 0.303. The Balaban J connectivity index is 2.76. The van der Waals surface area contributed by atoms with Crippen molar-refractivity contribution in [2.75, 3.05) is 31.3 Å². The highest BCUT2D eigenvalue weighted by Gasteiger charge is 2.09. The van der Waals surface area contributed by atoms with Gasteiger partial charge in [-0.2, -0.15) is 15.0 Å². The molecule has 0 radical (unpaired) electrons. The van der Waals surface area contributed by atoms with Crippen LogP contribution in [0.4, 0.5) is 11.9 Å². The molecular formula is C11H21N5O2. The molecule has 0 spiro atoms. The first-order chi connectivity index (χ1) is 8.55. The van der Waals surface area contributed by atoms with Gasteiger partial charge in [0.1, 0.15) is 0 Å². The van der Waals surface area contributed by atoms with Crippen molar-refractivity contribution >= 4 is 11.9 Å². The third-order valence-corrected chi connectivity index (χ3v) is 2.13. The van der Waals surface area contributed by atoms with E-state index < -0.39 is 0 Å². The number of nitrogens with zero attached hydrogens (tertiary/aromatic N) is 3. The number of hydrogen-bond acceptors (Lipinski definition) is 7. The van der Waals surface area contributed by atoms with Crippen molar-refractivity contribution in [3.63, 3.8) is 0 Å². The topological polar surface area (TPSA) is 81.2 Å². The lowest BCUT2D eigenvalue weighted by atomic mass is 10.4. The molecule has 1 rings (SSSR count). The van der Waals surface area contributed by atoms with Crippen LogP contribution < -0.4 is 15.4 Å². The predicted octanol–water partition coefficient (Wildman–Crippen LogP) is 1.15. The smallest absolute Gasteiger partial charge is 0.323 e. The number of rotatable bonds is 7. The largest absolute Gasteiger partial charge is 0.461 e. The molecule has 0 aromatic carbocycles. The first-order valence-electron chi connectivity index (χ1n) is 5.92. The van der Waals surface area contributed by atoms with Crippen molar-refractivity contribution in [1.29, 1.82) is 0 Å². The minimum Gasteiger partial charge on any atom is -0.461 e. The van der Waals surface area contributed by atoms with E-state index in [2.05, 4.69) is 25.6 Å². The average Bonchev–Trinajstić information content (AvgIpc) is 2.34. The maximum Gasteiger partial charge on any atom is 0.323 e. The van der Waals surface area contributed by atoms with Crippen LogP contribution in [0.2, 0.25) is 0 Å². The molecule has 18 heavy (non-hydrogen) atoms. The maximum absolute atomic E-state index is 5.46.